The zero-order chi connectivity index (χ0) is 67.0. The van der Waals surface area contributed by atoms with E-state index in [-0.39, 0.29) is 0 Å². The van der Waals surface area contributed by atoms with Gasteiger partial charge in [0.05, 0.1) is 28.4 Å². The Bertz CT molecular complexity index is 5550. The van der Waals surface area contributed by atoms with E-state index in [0.29, 0.717) is 0 Å². The van der Waals surface area contributed by atoms with E-state index in [1.807, 2.05) is 0 Å². The number of nitrogens with zero attached hydrogens (tertiary/aromatic N) is 4. The van der Waals surface area contributed by atoms with Crippen LogP contribution in [0.25, 0.3) is 161 Å². The highest BCUT2D eigenvalue weighted by atomic mass is 32.1. The summed E-state index contributed by atoms with van der Waals surface area (Å²) < 4.78 is 12.7. The maximum atomic E-state index is 5.17. The minimum Gasteiger partial charge on any atom is -0.309 e. The largest absolute Gasteiger partial charge is 0.309 e. The average Bonchev–Trinajstić information content (AvgIpc) is 1.63. The van der Waals surface area contributed by atoms with Crippen LogP contribution in [0.4, 0.5) is 17.1 Å². The van der Waals surface area contributed by atoms with Gasteiger partial charge in [0.1, 0.15) is 11.0 Å². The van der Waals surface area contributed by atoms with E-state index in [1.165, 1.54) is 112 Å². The minimum absolute atomic E-state index is 0.828. The maximum Gasteiger partial charge on any atom is 0.129 e. The molecule has 0 saturated heterocycles. The van der Waals surface area contributed by atoms with Crippen LogP contribution in [0.2, 0.25) is 0 Å². The van der Waals surface area contributed by atoms with Crippen LogP contribution < -0.4 is 4.90 Å². The summed E-state index contributed by atoms with van der Waals surface area (Å²) in [6.07, 6.45) is 0. The molecule has 474 valence electrons. The fourth-order valence-electron chi connectivity index (χ4n) is 14.5. The lowest BCUT2D eigenvalue weighted by Crippen LogP contribution is -2.10. The van der Waals surface area contributed by atoms with Crippen LogP contribution in [0, 0.1) is 0 Å². The van der Waals surface area contributed by atoms with Crippen LogP contribution in [0.1, 0.15) is 0 Å². The van der Waals surface area contributed by atoms with E-state index in [0.717, 1.165) is 78.2 Å². The topological polar surface area (TPSA) is 34.0 Å². The summed E-state index contributed by atoms with van der Waals surface area (Å²) in [4.78, 5) is 2.34. The highest BCUT2D eigenvalue weighted by Crippen LogP contribution is 2.45. The lowest BCUT2D eigenvalue weighted by molar-refractivity contribution is 1.18. The van der Waals surface area contributed by atoms with Gasteiger partial charge < -0.3 is 9.47 Å². The molecule has 2 heterocycles. The quantitative estimate of drug-likeness (QED) is 0.103. The first-order valence-corrected chi connectivity index (χ1v) is 35.1. The Morgan fingerprint density at radius 1 is 0.208 bits per heavy atom. The second kappa shape index (κ2) is 26.4. The van der Waals surface area contributed by atoms with Crippen molar-refractivity contribution in [2.45, 2.75) is 0 Å². The van der Waals surface area contributed by atoms with Crippen molar-refractivity contribution in [3.8, 4) is 128 Å². The second-order valence-electron chi connectivity index (χ2n) is 25.8. The van der Waals surface area contributed by atoms with Gasteiger partial charge in [-0.05, 0) is 226 Å². The molecule has 0 fully saturated rings. The summed E-state index contributed by atoms with van der Waals surface area (Å²) in [7, 11) is 0. The van der Waals surface area contributed by atoms with E-state index < -0.39 is 0 Å². The van der Waals surface area contributed by atoms with Gasteiger partial charge in [-0.1, -0.05) is 279 Å². The fourth-order valence-corrected chi connectivity index (χ4v) is 15.1. The van der Waals surface area contributed by atoms with Crippen molar-refractivity contribution in [2.24, 2.45) is 0 Å². The zero-order valence-corrected chi connectivity index (χ0v) is 56.0. The van der Waals surface area contributed by atoms with Crippen LogP contribution in [-0.4, -0.2) is 13.3 Å². The normalized spacial score (nSPS) is 11.4. The molecule has 16 aromatic carbocycles. The summed E-state index contributed by atoms with van der Waals surface area (Å²) in [5.74, 6) is 0. The van der Waals surface area contributed by atoms with Crippen molar-refractivity contribution in [3.05, 3.63) is 388 Å². The molecule has 0 N–H and O–H groups in total. The van der Waals surface area contributed by atoms with Crippen molar-refractivity contribution in [1.82, 2.24) is 13.3 Å². The number of fused-ring (bicyclic) bond motifs is 4. The van der Waals surface area contributed by atoms with Crippen LogP contribution in [0.3, 0.4) is 0 Å². The number of aromatic nitrogens is 3. The van der Waals surface area contributed by atoms with Gasteiger partial charge in [-0.3, -0.25) is 0 Å². The third-order valence-electron chi connectivity index (χ3n) is 19.7. The van der Waals surface area contributed by atoms with Gasteiger partial charge in [0, 0.05) is 33.4 Å². The van der Waals surface area contributed by atoms with E-state index in [1.54, 1.807) is 0 Å². The van der Waals surface area contributed by atoms with E-state index in [2.05, 4.69) is 398 Å². The van der Waals surface area contributed by atoms with E-state index in [9.17, 15) is 0 Å². The molecular weight excluding hydrogens is 1240 g/mol. The number of hydrogen-bond acceptors (Lipinski definition) is 4. The predicted octanol–water partition coefficient (Wildman–Crippen LogP) is 26.6. The molecular formula is C96H64N4S. The van der Waals surface area contributed by atoms with E-state index >= 15 is 0 Å². The number of hydrogen-bond donors (Lipinski definition) is 0. The van der Waals surface area contributed by atoms with Gasteiger partial charge in [0.2, 0.25) is 0 Å². The Balaban J connectivity index is 0.725. The minimum atomic E-state index is 0.828. The molecule has 0 amide bonds. The van der Waals surface area contributed by atoms with Gasteiger partial charge in [0.15, 0.2) is 0 Å². The third-order valence-corrected chi connectivity index (χ3v) is 20.2. The summed E-state index contributed by atoms with van der Waals surface area (Å²) in [5.41, 5.74) is 33.5. The van der Waals surface area contributed by atoms with Crippen LogP contribution in [0.5, 0.6) is 0 Å². The smallest absolute Gasteiger partial charge is 0.129 e. The molecule has 0 radical (unpaired) electrons. The molecule has 2 aromatic heterocycles. The molecule has 18 aromatic rings. The van der Waals surface area contributed by atoms with Gasteiger partial charge in [0.25, 0.3) is 0 Å². The van der Waals surface area contributed by atoms with Gasteiger partial charge in [-0.15, -0.1) is 0 Å². The number of anilines is 3. The predicted molar refractivity (Wildman–Crippen MR) is 426 cm³/mol. The molecule has 5 heteroatoms. The molecule has 0 aliphatic rings. The van der Waals surface area contributed by atoms with Gasteiger partial charge >= 0.3 is 0 Å². The second-order valence-corrected chi connectivity index (χ2v) is 26.3. The molecule has 0 aliphatic carbocycles. The van der Waals surface area contributed by atoms with Crippen molar-refractivity contribution in [2.75, 3.05) is 4.90 Å². The van der Waals surface area contributed by atoms with Crippen molar-refractivity contribution < 1.29 is 0 Å². The summed E-state index contributed by atoms with van der Waals surface area (Å²) in [6, 6.07) is 141. The zero-order valence-electron chi connectivity index (χ0n) is 55.1. The Morgan fingerprint density at radius 2 is 0.475 bits per heavy atom. The molecule has 0 aliphatic heterocycles. The summed E-state index contributed by atoms with van der Waals surface area (Å²) >= 11 is 1.25. The Morgan fingerprint density at radius 3 is 0.822 bits per heavy atom. The van der Waals surface area contributed by atoms with Crippen molar-refractivity contribution in [1.29, 1.82) is 0 Å². The van der Waals surface area contributed by atoms with E-state index in [4.69, 9.17) is 8.75 Å². The fraction of sp³-hybridized carbons (Fsp3) is 0. The number of rotatable bonds is 15. The van der Waals surface area contributed by atoms with Crippen molar-refractivity contribution in [3.63, 3.8) is 0 Å². The Kier molecular flexibility index (Phi) is 15.8. The molecule has 4 nitrogen and oxygen atoms in total. The Hall–Kier alpha value is -13.1. The Labute approximate surface area is 592 Å². The average molecular weight is 1310 g/mol. The summed E-state index contributed by atoms with van der Waals surface area (Å²) in [5, 5.41) is 2.39. The van der Waals surface area contributed by atoms with Crippen LogP contribution >= 0.6 is 11.7 Å². The molecule has 18 rings (SSSR count). The third kappa shape index (κ3) is 11.9. The molecule has 0 bridgehead atoms. The first kappa shape index (κ1) is 60.4. The molecule has 0 atom stereocenters. The van der Waals surface area contributed by atoms with Crippen LogP contribution in [-0.2, 0) is 0 Å². The molecule has 0 saturated carbocycles. The first-order chi connectivity index (χ1) is 50.0. The standard InChI is InChI=1S/C96H64N4S/c1-7-19-65(20-8-1)71-31-35-73(36-32-71)78-45-54-92-90(63-78)91-64-79(74-37-33-72(34-38-74)66-21-9-2-10-22-66)46-55-93(91)100(92)88-51-43-77(44-52-88)89-53-56-94(96-95(89)97-101-98-96)99(86-47-39-75(40-48-86)84-59-80(67-23-11-3-12-24-67)57-81(60-84)68-25-13-4-14-26-68)87-49-41-76(42-50-87)85-61-82(69-27-15-5-16-28-69)58-83(62-85)70-29-17-6-18-30-70/h1-64H. The van der Waals surface area contributed by atoms with Gasteiger partial charge in [-0.25, -0.2) is 0 Å². The lowest BCUT2D eigenvalue weighted by Gasteiger charge is -2.26. The van der Waals surface area contributed by atoms with Crippen molar-refractivity contribution >= 4 is 61.6 Å². The lowest BCUT2D eigenvalue weighted by atomic mass is 9.93. The highest BCUT2D eigenvalue weighted by Gasteiger charge is 2.23. The molecule has 0 spiro atoms. The van der Waals surface area contributed by atoms with Crippen LogP contribution in [0.15, 0.2) is 388 Å². The summed E-state index contributed by atoms with van der Waals surface area (Å²) in [6.45, 7) is 0. The monoisotopic (exact) mass is 1300 g/mol. The number of benzene rings is 16. The molecule has 101 heavy (non-hydrogen) atoms. The SMILES string of the molecule is c1ccc(-c2ccc(-c3ccc4c(c3)c3cc(-c5ccc(-c6ccccc6)cc5)ccc3n4-c3ccc(-c4ccc(N(c5ccc(-c6cc(-c7ccccc7)cc(-c7ccccc7)c6)cc5)c5ccc(-c6cc(-c7ccccc7)cc(-c7ccccc7)c6)cc5)c5nsnc45)cc3)cc2)cc1. The van der Waals surface area contributed by atoms with Gasteiger partial charge in [-0.2, -0.15) is 8.75 Å². The first-order valence-electron chi connectivity index (χ1n) is 34.3. The highest BCUT2D eigenvalue weighted by molar-refractivity contribution is 7.00. The maximum absolute atomic E-state index is 5.17. The molecule has 0 unspecified atom stereocenters.